The number of nitrogens with one attached hydrogen (secondary N) is 1. The SMILES string of the molecule is OCC1CCCN(CCNCc2ccc(OC(F)(F)F)cc2)C1. The van der Waals surface area contributed by atoms with Crippen LogP contribution in [0.3, 0.4) is 0 Å². The molecule has 1 heterocycles. The molecule has 2 rings (SSSR count). The van der Waals surface area contributed by atoms with Crippen molar-refractivity contribution in [1.82, 2.24) is 10.2 Å². The van der Waals surface area contributed by atoms with Gasteiger partial charge >= 0.3 is 6.36 Å². The van der Waals surface area contributed by atoms with Gasteiger partial charge in [0, 0.05) is 32.8 Å². The Morgan fingerprint density at radius 2 is 2.00 bits per heavy atom. The number of hydrogen-bond acceptors (Lipinski definition) is 4. The second-order valence-electron chi connectivity index (χ2n) is 5.86. The summed E-state index contributed by atoms with van der Waals surface area (Å²) in [5, 5.41) is 12.5. The van der Waals surface area contributed by atoms with E-state index in [1.165, 1.54) is 12.1 Å². The Balaban J connectivity index is 1.66. The maximum Gasteiger partial charge on any atom is 0.573 e. The van der Waals surface area contributed by atoms with Gasteiger partial charge < -0.3 is 20.1 Å². The van der Waals surface area contributed by atoms with Crippen LogP contribution in [0, 0.1) is 5.92 Å². The molecule has 1 fully saturated rings. The summed E-state index contributed by atoms with van der Waals surface area (Å²) in [6.07, 6.45) is -2.45. The Hall–Kier alpha value is -1.31. The first-order chi connectivity index (χ1) is 11.0. The molecule has 0 amide bonds. The predicted molar refractivity (Wildman–Crippen MR) is 81.1 cm³/mol. The Kier molecular flexibility index (Phi) is 6.68. The van der Waals surface area contributed by atoms with Gasteiger partial charge in [-0.05, 0) is 43.0 Å². The number of hydrogen-bond donors (Lipinski definition) is 2. The van der Waals surface area contributed by atoms with Crippen molar-refractivity contribution in [2.75, 3.05) is 32.8 Å². The molecule has 1 atom stereocenters. The standard InChI is InChI=1S/C16H23F3N2O2/c17-16(18,19)23-15-5-3-13(4-6-15)10-20-7-9-21-8-1-2-14(11-21)12-22/h3-6,14,20,22H,1-2,7-12H2. The minimum atomic E-state index is -4.65. The number of likely N-dealkylation sites (tertiary alicyclic amines) is 1. The number of rotatable bonds is 7. The molecular formula is C16H23F3N2O2. The van der Waals surface area contributed by atoms with E-state index >= 15 is 0 Å². The van der Waals surface area contributed by atoms with E-state index in [0.717, 1.165) is 44.6 Å². The van der Waals surface area contributed by atoms with Gasteiger partial charge in [0.25, 0.3) is 0 Å². The molecule has 1 aliphatic heterocycles. The summed E-state index contributed by atoms with van der Waals surface area (Å²) in [5.74, 6) is 0.175. The third kappa shape index (κ3) is 6.76. The zero-order valence-electron chi connectivity index (χ0n) is 13.0. The number of benzene rings is 1. The van der Waals surface area contributed by atoms with Crippen molar-refractivity contribution in [2.45, 2.75) is 25.7 Å². The first-order valence-electron chi connectivity index (χ1n) is 7.85. The quantitative estimate of drug-likeness (QED) is 0.753. The highest BCUT2D eigenvalue weighted by Crippen LogP contribution is 2.22. The van der Waals surface area contributed by atoms with Crippen molar-refractivity contribution in [3.63, 3.8) is 0 Å². The summed E-state index contributed by atoms with van der Waals surface area (Å²) in [6.45, 7) is 4.55. The Morgan fingerprint density at radius 3 is 2.65 bits per heavy atom. The molecule has 130 valence electrons. The van der Waals surface area contributed by atoms with Gasteiger partial charge in [-0.3, -0.25) is 0 Å². The minimum absolute atomic E-state index is 0.204. The minimum Gasteiger partial charge on any atom is -0.406 e. The van der Waals surface area contributed by atoms with Gasteiger partial charge in [-0.1, -0.05) is 12.1 Å². The van der Waals surface area contributed by atoms with E-state index in [-0.39, 0.29) is 12.4 Å². The van der Waals surface area contributed by atoms with Crippen LogP contribution >= 0.6 is 0 Å². The van der Waals surface area contributed by atoms with Gasteiger partial charge in [0.15, 0.2) is 0 Å². The first-order valence-corrected chi connectivity index (χ1v) is 7.85. The topological polar surface area (TPSA) is 44.7 Å². The number of alkyl halides is 3. The summed E-state index contributed by atoms with van der Waals surface area (Å²) < 4.78 is 40.0. The van der Waals surface area contributed by atoms with Crippen LogP contribution in [0.2, 0.25) is 0 Å². The molecule has 0 bridgehead atoms. The molecule has 0 aliphatic carbocycles. The lowest BCUT2D eigenvalue weighted by Crippen LogP contribution is -2.40. The summed E-state index contributed by atoms with van der Waals surface area (Å²) in [7, 11) is 0. The lowest BCUT2D eigenvalue weighted by molar-refractivity contribution is -0.274. The van der Waals surface area contributed by atoms with Gasteiger partial charge in [-0.2, -0.15) is 0 Å². The van der Waals surface area contributed by atoms with Crippen LogP contribution < -0.4 is 10.1 Å². The maximum absolute atomic E-state index is 12.1. The number of nitrogens with zero attached hydrogens (tertiary/aromatic N) is 1. The van der Waals surface area contributed by atoms with E-state index in [1.54, 1.807) is 12.1 Å². The third-order valence-electron chi connectivity index (χ3n) is 3.95. The fraction of sp³-hybridized carbons (Fsp3) is 0.625. The zero-order valence-corrected chi connectivity index (χ0v) is 13.0. The molecule has 7 heteroatoms. The zero-order chi connectivity index (χ0) is 16.7. The lowest BCUT2D eigenvalue weighted by Gasteiger charge is -2.31. The van der Waals surface area contributed by atoms with Crippen molar-refractivity contribution < 1.29 is 23.0 Å². The van der Waals surface area contributed by atoms with E-state index in [4.69, 9.17) is 0 Å². The van der Waals surface area contributed by atoms with Crippen LogP contribution in [-0.4, -0.2) is 49.2 Å². The molecule has 0 spiro atoms. The third-order valence-corrected chi connectivity index (χ3v) is 3.95. The number of aliphatic hydroxyl groups is 1. The summed E-state index contributed by atoms with van der Waals surface area (Å²) in [6, 6.07) is 5.88. The van der Waals surface area contributed by atoms with E-state index < -0.39 is 6.36 Å². The van der Waals surface area contributed by atoms with E-state index in [1.807, 2.05) is 0 Å². The normalized spacial score (nSPS) is 19.7. The maximum atomic E-state index is 12.1. The molecule has 0 saturated carbocycles. The summed E-state index contributed by atoms with van der Waals surface area (Å²) in [5.41, 5.74) is 0.909. The van der Waals surface area contributed by atoms with Crippen molar-refractivity contribution in [3.8, 4) is 5.75 Å². The fourth-order valence-electron chi connectivity index (χ4n) is 2.78. The molecule has 1 saturated heterocycles. The highest BCUT2D eigenvalue weighted by atomic mass is 19.4. The number of halogens is 3. The van der Waals surface area contributed by atoms with Gasteiger partial charge in [-0.25, -0.2) is 0 Å². The van der Waals surface area contributed by atoms with Crippen molar-refractivity contribution >= 4 is 0 Å². The number of piperidine rings is 1. The monoisotopic (exact) mass is 332 g/mol. The lowest BCUT2D eigenvalue weighted by atomic mass is 9.99. The highest BCUT2D eigenvalue weighted by molar-refractivity contribution is 5.27. The van der Waals surface area contributed by atoms with Crippen LogP contribution in [0.25, 0.3) is 0 Å². The summed E-state index contributed by atoms with van der Waals surface area (Å²) in [4.78, 5) is 2.33. The Labute approximate surface area is 134 Å². The highest BCUT2D eigenvalue weighted by Gasteiger charge is 2.30. The van der Waals surface area contributed by atoms with Gasteiger partial charge in [0.1, 0.15) is 5.75 Å². The van der Waals surface area contributed by atoms with Crippen molar-refractivity contribution in [1.29, 1.82) is 0 Å². The van der Waals surface area contributed by atoms with Crippen LogP contribution in [-0.2, 0) is 6.54 Å². The molecule has 0 radical (unpaired) electrons. The summed E-state index contributed by atoms with van der Waals surface area (Å²) >= 11 is 0. The van der Waals surface area contributed by atoms with E-state index in [0.29, 0.717) is 12.5 Å². The molecule has 1 aromatic rings. The van der Waals surface area contributed by atoms with Crippen LogP contribution in [0.4, 0.5) is 13.2 Å². The van der Waals surface area contributed by atoms with E-state index in [9.17, 15) is 18.3 Å². The van der Waals surface area contributed by atoms with Crippen molar-refractivity contribution in [2.24, 2.45) is 5.92 Å². The fourth-order valence-corrected chi connectivity index (χ4v) is 2.78. The molecule has 2 N–H and O–H groups in total. The first kappa shape index (κ1) is 18.0. The average Bonchev–Trinajstić information content (AvgIpc) is 2.52. The van der Waals surface area contributed by atoms with Gasteiger partial charge in [-0.15, -0.1) is 13.2 Å². The molecule has 0 aromatic heterocycles. The molecule has 1 aromatic carbocycles. The predicted octanol–water partition coefficient (Wildman–Crippen LogP) is 2.38. The smallest absolute Gasteiger partial charge is 0.406 e. The van der Waals surface area contributed by atoms with Crippen LogP contribution in [0.5, 0.6) is 5.75 Å². The van der Waals surface area contributed by atoms with E-state index in [2.05, 4.69) is 15.0 Å². The number of aliphatic hydroxyl groups excluding tert-OH is 1. The second kappa shape index (κ2) is 8.52. The van der Waals surface area contributed by atoms with Crippen LogP contribution in [0.15, 0.2) is 24.3 Å². The Bertz CT molecular complexity index is 465. The largest absolute Gasteiger partial charge is 0.573 e. The molecule has 4 nitrogen and oxygen atoms in total. The second-order valence-corrected chi connectivity index (χ2v) is 5.86. The molecular weight excluding hydrogens is 309 g/mol. The van der Waals surface area contributed by atoms with Gasteiger partial charge in [0.05, 0.1) is 0 Å². The van der Waals surface area contributed by atoms with Gasteiger partial charge in [0.2, 0.25) is 0 Å². The average molecular weight is 332 g/mol. The molecule has 1 unspecified atom stereocenters. The molecule has 23 heavy (non-hydrogen) atoms. The molecule has 1 aliphatic rings. The number of ether oxygens (including phenoxy) is 1. The van der Waals surface area contributed by atoms with Crippen molar-refractivity contribution in [3.05, 3.63) is 29.8 Å². The van der Waals surface area contributed by atoms with Crippen LogP contribution in [0.1, 0.15) is 18.4 Å². The Morgan fingerprint density at radius 1 is 1.26 bits per heavy atom.